The van der Waals surface area contributed by atoms with Gasteiger partial charge in [-0.2, -0.15) is 0 Å². The summed E-state index contributed by atoms with van der Waals surface area (Å²) in [7, 11) is 3.46. The number of aliphatic imine (C=N–C) groups is 1. The second-order valence-electron chi connectivity index (χ2n) is 7.67. The van der Waals surface area contributed by atoms with Gasteiger partial charge in [-0.25, -0.2) is 9.38 Å². The lowest BCUT2D eigenvalue weighted by molar-refractivity contribution is -0.127. The first kappa shape index (κ1) is 24.9. The van der Waals surface area contributed by atoms with Crippen molar-refractivity contribution >= 4 is 41.5 Å². The first-order chi connectivity index (χ1) is 14.5. The number of likely N-dealkylation sites (N-methyl/N-ethyl adjacent to an activating group) is 1. The van der Waals surface area contributed by atoms with Crippen LogP contribution in [0.1, 0.15) is 18.4 Å². The number of guanidine groups is 1. The molecule has 1 unspecified atom stereocenters. The Hall–Kier alpha value is -2.36. The van der Waals surface area contributed by atoms with Crippen molar-refractivity contribution in [1.82, 2.24) is 15.5 Å². The minimum absolute atomic E-state index is 0. The van der Waals surface area contributed by atoms with Crippen LogP contribution in [0.15, 0.2) is 59.6 Å². The van der Waals surface area contributed by atoms with Crippen molar-refractivity contribution < 1.29 is 9.18 Å². The van der Waals surface area contributed by atoms with Gasteiger partial charge in [-0.1, -0.05) is 42.5 Å². The highest BCUT2D eigenvalue weighted by Gasteiger charge is 2.23. The number of hydrogen-bond acceptors (Lipinski definition) is 3. The molecule has 1 amide bonds. The summed E-state index contributed by atoms with van der Waals surface area (Å²) in [6.07, 6.45) is 1.91. The first-order valence-electron chi connectivity index (χ1n) is 10.3. The molecule has 1 fully saturated rings. The van der Waals surface area contributed by atoms with E-state index >= 15 is 0 Å². The van der Waals surface area contributed by atoms with Crippen LogP contribution in [0.25, 0.3) is 0 Å². The lowest BCUT2D eigenvalue weighted by Gasteiger charge is -2.35. The molecule has 0 radical (unpaired) electrons. The zero-order valence-corrected chi connectivity index (χ0v) is 20.4. The van der Waals surface area contributed by atoms with Crippen molar-refractivity contribution in [3.63, 3.8) is 0 Å². The van der Waals surface area contributed by atoms with Gasteiger partial charge in [0.2, 0.25) is 5.91 Å². The van der Waals surface area contributed by atoms with E-state index in [9.17, 15) is 9.18 Å². The molecule has 2 aromatic carbocycles. The van der Waals surface area contributed by atoms with Crippen molar-refractivity contribution in [3.05, 3.63) is 66.0 Å². The molecule has 2 N–H and O–H groups in total. The van der Waals surface area contributed by atoms with Crippen molar-refractivity contribution in [3.8, 4) is 0 Å². The van der Waals surface area contributed by atoms with E-state index in [-0.39, 0.29) is 48.3 Å². The fraction of sp³-hybridized carbons (Fsp3) is 0.391. The van der Waals surface area contributed by atoms with E-state index in [1.165, 1.54) is 6.07 Å². The number of halogens is 2. The summed E-state index contributed by atoms with van der Waals surface area (Å²) in [4.78, 5) is 20.3. The third-order valence-electron chi connectivity index (χ3n) is 5.12. The van der Waals surface area contributed by atoms with Gasteiger partial charge >= 0.3 is 0 Å². The Bertz CT molecular complexity index is 862. The number of carbonyl (C=O) groups is 1. The summed E-state index contributed by atoms with van der Waals surface area (Å²) >= 11 is 0. The normalized spacial score (nSPS) is 16.3. The van der Waals surface area contributed by atoms with Crippen LogP contribution in [0.4, 0.5) is 10.1 Å². The van der Waals surface area contributed by atoms with Gasteiger partial charge in [0.25, 0.3) is 0 Å². The van der Waals surface area contributed by atoms with Crippen molar-refractivity contribution in [1.29, 1.82) is 0 Å². The average molecular weight is 539 g/mol. The van der Waals surface area contributed by atoms with Gasteiger partial charge in [-0.3, -0.25) is 4.79 Å². The molecule has 0 spiro atoms. The molecule has 0 aliphatic carbocycles. The van der Waals surface area contributed by atoms with Gasteiger partial charge in [-0.05, 0) is 30.5 Å². The Morgan fingerprint density at radius 3 is 2.58 bits per heavy atom. The number of carbonyl (C=O) groups excluding carboxylic acids is 1. The van der Waals surface area contributed by atoms with Crippen LogP contribution in [0.2, 0.25) is 0 Å². The lowest BCUT2D eigenvalue weighted by atomic mass is 10.0. The minimum Gasteiger partial charge on any atom is -0.367 e. The highest BCUT2D eigenvalue weighted by atomic mass is 127. The van der Waals surface area contributed by atoms with Crippen LogP contribution < -0.4 is 15.5 Å². The van der Waals surface area contributed by atoms with E-state index in [2.05, 4.69) is 20.5 Å². The van der Waals surface area contributed by atoms with E-state index in [0.717, 1.165) is 24.9 Å². The number of nitrogens with zero attached hydrogens (tertiary/aromatic N) is 3. The predicted octanol–water partition coefficient (Wildman–Crippen LogP) is 3.24. The van der Waals surface area contributed by atoms with E-state index in [1.807, 2.05) is 42.5 Å². The SMILES string of the molecule is CN(C)C(=O)CNC(=NCc1ccccc1)NC1CCCN(c2ccccc2F)C1.I. The van der Waals surface area contributed by atoms with Gasteiger partial charge in [0, 0.05) is 33.2 Å². The Labute approximate surface area is 200 Å². The summed E-state index contributed by atoms with van der Waals surface area (Å²) in [6, 6.07) is 17.0. The highest BCUT2D eigenvalue weighted by molar-refractivity contribution is 14.0. The van der Waals surface area contributed by atoms with E-state index in [4.69, 9.17) is 0 Å². The zero-order valence-electron chi connectivity index (χ0n) is 18.1. The summed E-state index contributed by atoms with van der Waals surface area (Å²) in [5.41, 5.74) is 1.72. The molecule has 0 saturated carbocycles. The third kappa shape index (κ3) is 7.68. The second-order valence-corrected chi connectivity index (χ2v) is 7.67. The zero-order chi connectivity index (χ0) is 21.3. The lowest BCUT2D eigenvalue weighted by Crippen LogP contribution is -2.52. The standard InChI is InChI=1S/C23H30FN5O.HI/c1-28(2)22(30)16-26-23(25-15-18-9-4-3-5-10-18)27-19-11-8-14-29(17-19)21-13-7-6-12-20(21)24;/h3-7,9-10,12-13,19H,8,11,14-17H2,1-2H3,(H2,25,26,27);1H. The fourth-order valence-electron chi connectivity index (χ4n) is 3.44. The number of anilines is 1. The van der Waals surface area contributed by atoms with Crippen molar-refractivity contribution in [2.24, 2.45) is 4.99 Å². The van der Waals surface area contributed by atoms with Crippen molar-refractivity contribution in [2.45, 2.75) is 25.4 Å². The van der Waals surface area contributed by atoms with Crippen LogP contribution in [0, 0.1) is 5.82 Å². The number of hydrogen-bond donors (Lipinski definition) is 2. The molecule has 0 bridgehead atoms. The average Bonchev–Trinajstić information content (AvgIpc) is 2.76. The number of para-hydroxylation sites is 1. The first-order valence-corrected chi connectivity index (χ1v) is 10.3. The monoisotopic (exact) mass is 539 g/mol. The summed E-state index contributed by atoms with van der Waals surface area (Å²) in [6.45, 7) is 2.17. The van der Waals surface area contributed by atoms with E-state index < -0.39 is 0 Å². The molecule has 1 heterocycles. The molecule has 6 nitrogen and oxygen atoms in total. The maximum atomic E-state index is 14.2. The molecule has 0 aromatic heterocycles. The topological polar surface area (TPSA) is 60.0 Å². The summed E-state index contributed by atoms with van der Waals surface area (Å²) in [5, 5.41) is 6.58. The van der Waals surface area contributed by atoms with Gasteiger partial charge in [0.05, 0.1) is 18.8 Å². The van der Waals surface area contributed by atoms with Crippen LogP contribution in [-0.4, -0.2) is 56.5 Å². The largest absolute Gasteiger partial charge is 0.367 e. The molecule has 2 aromatic rings. The van der Waals surface area contributed by atoms with Gasteiger partial charge in [0.1, 0.15) is 5.82 Å². The summed E-state index contributed by atoms with van der Waals surface area (Å²) in [5.74, 6) is 0.362. The Morgan fingerprint density at radius 1 is 1.16 bits per heavy atom. The number of benzene rings is 2. The molecule has 31 heavy (non-hydrogen) atoms. The molecular weight excluding hydrogens is 508 g/mol. The van der Waals surface area contributed by atoms with Crippen molar-refractivity contribution in [2.75, 3.05) is 38.6 Å². The van der Waals surface area contributed by atoms with Gasteiger partial charge < -0.3 is 20.4 Å². The smallest absolute Gasteiger partial charge is 0.241 e. The molecular formula is C23H31FIN5O. The fourth-order valence-corrected chi connectivity index (χ4v) is 3.44. The van der Waals surface area contributed by atoms with Gasteiger partial charge in [-0.15, -0.1) is 24.0 Å². The predicted molar refractivity (Wildman–Crippen MR) is 134 cm³/mol. The maximum Gasteiger partial charge on any atom is 0.241 e. The number of nitrogens with one attached hydrogen (secondary N) is 2. The molecule has 1 atom stereocenters. The third-order valence-corrected chi connectivity index (χ3v) is 5.12. The van der Waals surface area contributed by atoms with Crippen LogP contribution in [-0.2, 0) is 11.3 Å². The second kappa shape index (κ2) is 12.5. The quantitative estimate of drug-likeness (QED) is 0.337. The summed E-state index contributed by atoms with van der Waals surface area (Å²) < 4.78 is 14.2. The molecule has 8 heteroatoms. The van der Waals surface area contributed by atoms with E-state index in [1.54, 1.807) is 25.1 Å². The Kier molecular flexibility index (Phi) is 10.0. The maximum absolute atomic E-state index is 14.2. The Balaban J connectivity index is 0.00000341. The number of rotatable bonds is 6. The van der Waals surface area contributed by atoms with Gasteiger partial charge in [0.15, 0.2) is 5.96 Å². The van der Waals surface area contributed by atoms with Crippen LogP contribution in [0.5, 0.6) is 0 Å². The van der Waals surface area contributed by atoms with Crippen LogP contribution in [0.3, 0.4) is 0 Å². The van der Waals surface area contributed by atoms with Crippen LogP contribution >= 0.6 is 24.0 Å². The molecule has 1 aliphatic rings. The number of piperidine rings is 1. The minimum atomic E-state index is -0.203. The molecule has 3 rings (SSSR count). The molecule has 168 valence electrons. The number of amides is 1. The molecule has 1 aliphatic heterocycles. The molecule has 1 saturated heterocycles. The van der Waals surface area contributed by atoms with E-state index in [0.29, 0.717) is 24.7 Å². The Morgan fingerprint density at radius 2 is 1.87 bits per heavy atom. The highest BCUT2D eigenvalue weighted by Crippen LogP contribution is 2.22.